The minimum absolute atomic E-state index is 0. The van der Waals surface area contributed by atoms with Crippen LogP contribution in [0.4, 0.5) is 13.2 Å². The Morgan fingerprint density at radius 2 is 1.97 bits per heavy atom. The molecule has 0 bridgehead atoms. The van der Waals surface area contributed by atoms with E-state index in [9.17, 15) is 13.2 Å². The van der Waals surface area contributed by atoms with Gasteiger partial charge >= 0.3 is 6.18 Å². The van der Waals surface area contributed by atoms with Gasteiger partial charge in [-0.3, -0.25) is 0 Å². The first kappa shape index (κ1) is 24.1. The van der Waals surface area contributed by atoms with Crippen molar-refractivity contribution in [1.82, 2.24) is 24.6 Å². The van der Waals surface area contributed by atoms with Gasteiger partial charge in [-0.15, -0.1) is 22.6 Å². The Labute approximate surface area is 200 Å². The summed E-state index contributed by atoms with van der Waals surface area (Å²) in [6.45, 7) is 4.84. The van der Waals surface area contributed by atoms with Crippen molar-refractivity contribution in [2.24, 2.45) is 12.5 Å². The number of hydrogen-bond donors (Lipinski definition) is 0. The van der Waals surface area contributed by atoms with Gasteiger partial charge in [-0.2, -0.15) is 13.2 Å². The summed E-state index contributed by atoms with van der Waals surface area (Å²) in [7, 11) is 1.92. The molecule has 2 aromatic heterocycles. The first-order chi connectivity index (χ1) is 15.3. The Morgan fingerprint density at radius 3 is 2.64 bits per heavy atom. The van der Waals surface area contributed by atoms with Gasteiger partial charge < -0.3 is 13.9 Å². The summed E-state index contributed by atoms with van der Waals surface area (Å²) in [6.07, 6.45) is -0.711. The lowest BCUT2D eigenvalue weighted by atomic mass is 9.97. The zero-order valence-corrected chi connectivity index (χ0v) is 19.9. The third-order valence-corrected chi connectivity index (χ3v) is 7.72. The van der Waals surface area contributed by atoms with Crippen LogP contribution in [0.5, 0.6) is 0 Å². The lowest BCUT2D eigenvalue weighted by Gasteiger charge is -2.16. The van der Waals surface area contributed by atoms with Crippen LogP contribution in [0.2, 0.25) is 0 Å². The molecule has 0 amide bonds. The number of halogens is 4. The number of rotatable bonds is 6. The average molecular weight is 500 g/mol. The normalized spacial score (nSPS) is 22.6. The molecule has 0 radical (unpaired) electrons. The minimum atomic E-state index is -4.28. The minimum Gasteiger partial charge on any atom is -0.440 e. The van der Waals surface area contributed by atoms with Crippen molar-refractivity contribution >= 4 is 24.2 Å². The number of oxazole rings is 1. The molecule has 1 aliphatic heterocycles. The lowest BCUT2D eigenvalue weighted by molar-refractivity contribution is -0.137. The highest BCUT2D eigenvalue weighted by Gasteiger charge is 2.57. The SMILES string of the molecule is Cc1ncoc1-c1nnc(SCCN2CC[C@@]3(C[C@H]3c3ccc(C(F)(F)F)cc3)C2)n1C.Cl. The molecule has 0 unspecified atom stereocenters. The van der Waals surface area contributed by atoms with Crippen LogP contribution in [0.25, 0.3) is 11.6 Å². The number of hydrogen-bond acceptors (Lipinski definition) is 6. The lowest BCUT2D eigenvalue weighted by Crippen LogP contribution is -2.24. The number of thioether (sulfide) groups is 1. The van der Waals surface area contributed by atoms with E-state index in [1.54, 1.807) is 23.9 Å². The molecule has 1 aromatic carbocycles. The highest BCUT2D eigenvalue weighted by Crippen LogP contribution is 2.64. The molecule has 3 aromatic rings. The molecular weight excluding hydrogens is 475 g/mol. The molecule has 2 fully saturated rings. The van der Waals surface area contributed by atoms with Gasteiger partial charge in [-0.25, -0.2) is 4.98 Å². The second-order valence-corrected chi connectivity index (χ2v) is 9.81. The largest absolute Gasteiger partial charge is 0.440 e. The van der Waals surface area contributed by atoms with Crippen molar-refractivity contribution in [2.45, 2.75) is 37.0 Å². The molecule has 6 nitrogen and oxygen atoms in total. The number of likely N-dealkylation sites (tertiary alicyclic amines) is 1. The Kier molecular flexibility index (Phi) is 6.54. The van der Waals surface area contributed by atoms with E-state index in [1.165, 1.54) is 18.5 Å². The smallest absolute Gasteiger partial charge is 0.416 e. The van der Waals surface area contributed by atoms with Gasteiger partial charge in [0.25, 0.3) is 0 Å². The summed E-state index contributed by atoms with van der Waals surface area (Å²) >= 11 is 1.66. The fourth-order valence-corrected chi connectivity index (χ4v) is 5.68. The monoisotopic (exact) mass is 499 g/mol. The first-order valence-corrected chi connectivity index (χ1v) is 11.6. The Bertz CT molecular complexity index is 1120. The molecule has 178 valence electrons. The number of aryl methyl sites for hydroxylation is 1. The van der Waals surface area contributed by atoms with Gasteiger partial charge in [0, 0.05) is 25.9 Å². The highest BCUT2D eigenvalue weighted by atomic mass is 35.5. The third-order valence-electron chi connectivity index (χ3n) is 6.72. The van der Waals surface area contributed by atoms with E-state index < -0.39 is 11.7 Å². The van der Waals surface area contributed by atoms with E-state index in [2.05, 4.69) is 20.1 Å². The summed E-state index contributed by atoms with van der Waals surface area (Å²) in [5.41, 5.74) is 1.47. The number of aromatic nitrogens is 4. The second-order valence-electron chi connectivity index (χ2n) is 8.75. The molecule has 33 heavy (non-hydrogen) atoms. The number of benzene rings is 1. The van der Waals surface area contributed by atoms with Crippen LogP contribution in [0.15, 0.2) is 40.2 Å². The average Bonchev–Trinajstić information content (AvgIpc) is 3.02. The van der Waals surface area contributed by atoms with Crippen LogP contribution in [-0.2, 0) is 13.2 Å². The van der Waals surface area contributed by atoms with E-state index in [-0.39, 0.29) is 17.8 Å². The molecule has 11 heteroatoms. The van der Waals surface area contributed by atoms with Crippen LogP contribution >= 0.6 is 24.2 Å². The Balaban J connectivity index is 0.00000259. The standard InChI is InChI=1S/C22H24F3N5OS.ClH/c1-14-18(31-13-26-14)19-27-28-20(29(19)2)32-10-9-30-8-7-21(12-30)11-17(21)15-3-5-16(6-4-15)22(23,24)25;/h3-6,13,17H,7-12H2,1-2H3;1H/t17-,21+;/m0./s1. The maximum Gasteiger partial charge on any atom is 0.416 e. The van der Waals surface area contributed by atoms with Crippen molar-refractivity contribution in [1.29, 1.82) is 0 Å². The van der Waals surface area contributed by atoms with Gasteiger partial charge in [0.15, 0.2) is 17.3 Å². The maximum atomic E-state index is 12.8. The van der Waals surface area contributed by atoms with E-state index in [0.717, 1.165) is 54.6 Å². The topological polar surface area (TPSA) is 60.0 Å². The molecule has 2 atom stereocenters. The van der Waals surface area contributed by atoms with Gasteiger partial charge in [0.1, 0.15) is 0 Å². The summed E-state index contributed by atoms with van der Waals surface area (Å²) in [6, 6.07) is 5.73. The zero-order valence-electron chi connectivity index (χ0n) is 18.3. The quantitative estimate of drug-likeness (QED) is 0.435. The molecule has 5 rings (SSSR count). The van der Waals surface area contributed by atoms with Gasteiger partial charge in [-0.1, -0.05) is 23.9 Å². The van der Waals surface area contributed by atoms with Crippen LogP contribution < -0.4 is 0 Å². The third kappa shape index (κ3) is 4.65. The van der Waals surface area contributed by atoms with E-state index >= 15 is 0 Å². The predicted molar refractivity (Wildman–Crippen MR) is 122 cm³/mol. The van der Waals surface area contributed by atoms with E-state index in [0.29, 0.717) is 17.5 Å². The predicted octanol–water partition coefficient (Wildman–Crippen LogP) is 5.19. The second kappa shape index (κ2) is 8.96. The number of nitrogens with zero attached hydrogens (tertiary/aromatic N) is 5. The Morgan fingerprint density at radius 1 is 1.21 bits per heavy atom. The van der Waals surface area contributed by atoms with Crippen LogP contribution in [0.3, 0.4) is 0 Å². The first-order valence-electron chi connectivity index (χ1n) is 10.6. The summed E-state index contributed by atoms with van der Waals surface area (Å²) in [5.74, 6) is 2.56. The van der Waals surface area contributed by atoms with Crippen molar-refractivity contribution in [3.63, 3.8) is 0 Å². The van der Waals surface area contributed by atoms with E-state index in [4.69, 9.17) is 4.42 Å². The van der Waals surface area contributed by atoms with Crippen molar-refractivity contribution in [2.75, 3.05) is 25.4 Å². The van der Waals surface area contributed by atoms with Crippen molar-refractivity contribution < 1.29 is 17.6 Å². The fraction of sp³-hybridized carbons (Fsp3) is 0.500. The summed E-state index contributed by atoms with van der Waals surface area (Å²) in [5, 5.41) is 9.36. The van der Waals surface area contributed by atoms with Gasteiger partial charge in [0.2, 0.25) is 5.82 Å². The molecule has 1 spiro atoms. The molecule has 0 N–H and O–H groups in total. The molecule has 1 saturated heterocycles. The van der Waals surface area contributed by atoms with Gasteiger partial charge in [-0.05, 0) is 55.3 Å². The van der Waals surface area contributed by atoms with Crippen molar-refractivity contribution in [3.8, 4) is 11.6 Å². The molecule has 1 saturated carbocycles. The molecular formula is C22H25ClF3N5OS. The summed E-state index contributed by atoms with van der Waals surface area (Å²) < 4.78 is 45.8. The summed E-state index contributed by atoms with van der Waals surface area (Å²) in [4.78, 5) is 6.56. The number of alkyl halides is 3. The molecule has 1 aliphatic carbocycles. The highest BCUT2D eigenvalue weighted by molar-refractivity contribution is 7.99. The van der Waals surface area contributed by atoms with Crippen LogP contribution in [0, 0.1) is 12.3 Å². The molecule has 2 aliphatic rings. The van der Waals surface area contributed by atoms with E-state index in [1.807, 2.05) is 18.5 Å². The molecule has 3 heterocycles. The van der Waals surface area contributed by atoms with Crippen LogP contribution in [-0.4, -0.2) is 50.0 Å². The maximum absolute atomic E-state index is 12.8. The van der Waals surface area contributed by atoms with Gasteiger partial charge in [0.05, 0.1) is 11.3 Å². The fourth-order valence-electron chi connectivity index (χ4n) is 4.77. The zero-order chi connectivity index (χ0) is 22.5. The van der Waals surface area contributed by atoms with Crippen molar-refractivity contribution in [3.05, 3.63) is 47.5 Å². The van der Waals surface area contributed by atoms with Crippen LogP contribution in [0.1, 0.15) is 35.6 Å². The Hall–Kier alpha value is -2.04.